The number of benzene rings is 1. The van der Waals surface area contributed by atoms with Crippen LogP contribution in [0.15, 0.2) is 29.3 Å². The molecule has 2 heterocycles. The number of hydrogen-bond donors (Lipinski definition) is 1. The Morgan fingerprint density at radius 1 is 1.18 bits per heavy atom. The summed E-state index contributed by atoms with van der Waals surface area (Å²) in [5.41, 5.74) is 2.58. The lowest BCUT2D eigenvalue weighted by Crippen LogP contribution is -2.48. The molecule has 6 nitrogen and oxygen atoms in total. The molecule has 3 rings (SSSR count). The fraction of sp³-hybridized carbons (Fsp3) is 0.682. The molecule has 2 aliphatic heterocycles. The standard InChI is InChI=1S/C22H37N5O/c1-19-8-4-5-9-20(19)21-18-27(16-17-28-21)22(23-2)24-10-6-12-26-13-7-11-25(3)14-15-26/h4-5,8-9,21H,6-7,10-18H2,1-3H3,(H,23,24). The van der Waals surface area contributed by atoms with Crippen LogP contribution in [0.4, 0.5) is 0 Å². The van der Waals surface area contributed by atoms with Crippen molar-refractivity contribution in [3.05, 3.63) is 35.4 Å². The van der Waals surface area contributed by atoms with Gasteiger partial charge in [0.05, 0.1) is 13.2 Å². The van der Waals surface area contributed by atoms with Crippen LogP contribution in [-0.2, 0) is 4.74 Å². The molecule has 0 bridgehead atoms. The molecule has 0 radical (unpaired) electrons. The largest absolute Gasteiger partial charge is 0.370 e. The minimum Gasteiger partial charge on any atom is -0.370 e. The van der Waals surface area contributed by atoms with Crippen molar-refractivity contribution < 1.29 is 4.74 Å². The van der Waals surface area contributed by atoms with Crippen LogP contribution in [-0.4, -0.2) is 93.7 Å². The highest BCUT2D eigenvalue weighted by Gasteiger charge is 2.25. The number of aliphatic imine (C=N–C) groups is 1. The predicted octanol–water partition coefficient (Wildman–Crippen LogP) is 1.97. The van der Waals surface area contributed by atoms with Crippen LogP contribution < -0.4 is 5.32 Å². The summed E-state index contributed by atoms with van der Waals surface area (Å²) in [5.74, 6) is 0.998. The third-order valence-electron chi connectivity index (χ3n) is 5.86. The molecular weight excluding hydrogens is 350 g/mol. The Balaban J connectivity index is 1.45. The number of hydrogen-bond acceptors (Lipinski definition) is 4. The van der Waals surface area contributed by atoms with E-state index in [1.54, 1.807) is 0 Å². The summed E-state index contributed by atoms with van der Waals surface area (Å²) in [5, 5.41) is 3.57. The first-order valence-electron chi connectivity index (χ1n) is 10.7. The number of rotatable bonds is 5. The highest BCUT2D eigenvalue weighted by molar-refractivity contribution is 5.80. The Hall–Kier alpha value is -1.63. The Labute approximate surface area is 170 Å². The van der Waals surface area contributed by atoms with Crippen LogP contribution in [0.2, 0.25) is 0 Å². The molecule has 2 fully saturated rings. The zero-order valence-electron chi connectivity index (χ0n) is 17.9. The second kappa shape index (κ2) is 10.8. The first-order chi connectivity index (χ1) is 13.7. The molecule has 1 aromatic rings. The zero-order valence-corrected chi connectivity index (χ0v) is 17.9. The summed E-state index contributed by atoms with van der Waals surface area (Å²) in [6, 6.07) is 8.52. The van der Waals surface area contributed by atoms with Crippen LogP contribution in [0.1, 0.15) is 30.1 Å². The number of likely N-dealkylation sites (N-methyl/N-ethyl adjacent to an activating group) is 1. The summed E-state index contributed by atoms with van der Waals surface area (Å²) in [6.07, 6.45) is 2.54. The lowest BCUT2D eigenvalue weighted by atomic mass is 10.0. The Bertz CT molecular complexity index is 635. The van der Waals surface area contributed by atoms with Crippen molar-refractivity contribution in [3.8, 4) is 0 Å². The molecule has 0 aliphatic carbocycles. The first-order valence-corrected chi connectivity index (χ1v) is 10.7. The molecule has 1 aromatic carbocycles. The number of ether oxygens (including phenoxy) is 1. The summed E-state index contributed by atoms with van der Waals surface area (Å²) >= 11 is 0. The van der Waals surface area contributed by atoms with Gasteiger partial charge in [-0.3, -0.25) is 4.99 Å². The van der Waals surface area contributed by atoms with E-state index in [0.29, 0.717) is 0 Å². The first kappa shape index (κ1) is 21.1. The minimum absolute atomic E-state index is 0.114. The third kappa shape index (κ3) is 5.93. The summed E-state index contributed by atoms with van der Waals surface area (Å²) in [6.45, 7) is 11.6. The highest BCUT2D eigenvalue weighted by atomic mass is 16.5. The van der Waals surface area contributed by atoms with Crippen molar-refractivity contribution in [2.45, 2.75) is 25.9 Å². The number of guanidine groups is 1. The van der Waals surface area contributed by atoms with Crippen LogP contribution >= 0.6 is 0 Å². The van der Waals surface area contributed by atoms with E-state index in [-0.39, 0.29) is 6.10 Å². The van der Waals surface area contributed by atoms with Gasteiger partial charge in [-0.15, -0.1) is 0 Å². The van der Waals surface area contributed by atoms with Crippen molar-refractivity contribution in [1.29, 1.82) is 0 Å². The average Bonchev–Trinajstić information content (AvgIpc) is 2.93. The van der Waals surface area contributed by atoms with Gasteiger partial charge >= 0.3 is 0 Å². The van der Waals surface area contributed by atoms with Gasteiger partial charge in [0.1, 0.15) is 6.10 Å². The van der Waals surface area contributed by atoms with E-state index in [9.17, 15) is 0 Å². The molecule has 0 saturated carbocycles. The Kier molecular flexibility index (Phi) is 8.13. The van der Waals surface area contributed by atoms with Crippen molar-refractivity contribution >= 4 is 5.96 Å². The van der Waals surface area contributed by atoms with Crippen LogP contribution in [0.5, 0.6) is 0 Å². The molecule has 1 atom stereocenters. The van der Waals surface area contributed by atoms with E-state index >= 15 is 0 Å². The van der Waals surface area contributed by atoms with Gasteiger partial charge in [-0.05, 0) is 57.6 Å². The van der Waals surface area contributed by atoms with Crippen molar-refractivity contribution in [2.24, 2.45) is 4.99 Å². The molecule has 156 valence electrons. The van der Waals surface area contributed by atoms with Gasteiger partial charge in [-0.2, -0.15) is 0 Å². The molecule has 28 heavy (non-hydrogen) atoms. The van der Waals surface area contributed by atoms with E-state index in [1.807, 2.05) is 7.05 Å². The van der Waals surface area contributed by atoms with Crippen LogP contribution in [0.25, 0.3) is 0 Å². The van der Waals surface area contributed by atoms with Crippen molar-refractivity contribution in [3.63, 3.8) is 0 Å². The van der Waals surface area contributed by atoms with Gasteiger partial charge in [-0.1, -0.05) is 24.3 Å². The highest BCUT2D eigenvalue weighted by Crippen LogP contribution is 2.24. The predicted molar refractivity (Wildman–Crippen MR) is 116 cm³/mol. The normalized spacial score (nSPS) is 22.9. The van der Waals surface area contributed by atoms with Crippen molar-refractivity contribution in [1.82, 2.24) is 20.0 Å². The molecule has 2 aliphatic rings. The Morgan fingerprint density at radius 3 is 2.86 bits per heavy atom. The molecule has 1 N–H and O–H groups in total. The number of morpholine rings is 1. The topological polar surface area (TPSA) is 43.3 Å². The molecule has 0 amide bonds. The van der Waals surface area contributed by atoms with Gasteiger partial charge in [0, 0.05) is 33.2 Å². The number of nitrogens with zero attached hydrogens (tertiary/aromatic N) is 4. The van der Waals surface area contributed by atoms with E-state index in [0.717, 1.165) is 45.2 Å². The summed E-state index contributed by atoms with van der Waals surface area (Å²) in [7, 11) is 4.10. The van der Waals surface area contributed by atoms with E-state index in [2.05, 4.69) is 63.2 Å². The van der Waals surface area contributed by atoms with E-state index in [4.69, 9.17) is 4.74 Å². The van der Waals surface area contributed by atoms with Crippen molar-refractivity contribution in [2.75, 3.05) is 73.1 Å². The quantitative estimate of drug-likeness (QED) is 0.475. The van der Waals surface area contributed by atoms with Crippen LogP contribution in [0.3, 0.4) is 0 Å². The van der Waals surface area contributed by atoms with Gasteiger partial charge < -0.3 is 24.8 Å². The average molecular weight is 388 g/mol. The maximum atomic E-state index is 6.06. The lowest BCUT2D eigenvalue weighted by molar-refractivity contribution is -0.00831. The molecule has 6 heteroatoms. The number of aryl methyl sites for hydroxylation is 1. The van der Waals surface area contributed by atoms with Crippen LogP contribution in [0, 0.1) is 6.92 Å². The Morgan fingerprint density at radius 2 is 2.04 bits per heavy atom. The third-order valence-corrected chi connectivity index (χ3v) is 5.86. The SMILES string of the molecule is CN=C(NCCCN1CCCN(C)CC1)N1CCOC(c2ccccc2C)C1. The number of nitrogens with one attached hydrogen (secondary N) is 1. The molecule has 1 unspecified atom stereocenters. The van der Waals surface area contributed by atoms with Gasteiger partial charge in [0.2, 0.25) is 0 Å². The smallest absolute Gasteiger partial charge is 0.193 e. The summed E-state index contributed by atoms with van der Waals surface area (Å²) < 4.78 is 6.06. The molecule has 2 saturated heterocycles. The fourth-order valence-electron chi connectivity index (χ4n) is 4.14. The van der Waals surface area contributed by atoms with E-state index in [1.165, 1.54) is 43.7 Å². The maximum absolute atomic E-state index is 6.06. The monoisotopic (exact) mass is 387 g/mol. The van der Waals surface area contributed by atoms with Gasteiger partial charge in [-0.25, -0.2) is 0 Å². The maximum Gasteiger partial charge on any atom is 0.193 e. The second-order valence-corrected chi connectivity index (χ2v) is 7.99. The lowest BCUT2D eigenvalue weighted by Gasteiger charge is -2.35. The molecular formula is C22H37N5O. The van der Waals surface area contributed by atoms with Gasteiger partial charge in [0.15, 0.2) is 5.96 Å². The molecule has 0 aromatic heterocycles. The van der Waals surface area contributed by atoms with Gasteiger partial charge in [0.25, 0.3) is 0 Å². The zero-order chi connectivity index (χ0) is 19.8. The minimum atomic E-state index is 0.114. The molecule has 0 spiro atoms. The summed E-state index contributed by atoms with van der Waals surface area (Å²) in [4.78, 5) is 11.9. The van der Waals surface area contributed by atoms with E-state index < -0.39 is 0 Å². The fourth-order valence-corrected chi connectivity index (χ4v) is 4.14. The second-order valence-electron chi connectivity index (χ2n) is 7.99.